The third-order valence-electron chi connectivity index (χ3n) is 5.72. The number of pyridine rings is 1. The number of fused-ring (bicyclic) bond motifs is 4. The van der Waals surface area contributed by atoms with Gasteiger partial charge in [-0.3, -0.25) is 0 Å². The number of aromatic nitrogens is 1. The molecule has 6 heteroatoms. The first-order valence-electron chi connectivity index (χ1n) is 9.31. The Balaban J connectivity index is 1.78. The van der Waals surface area contributed by atoms with Gasteiger partial charge >= 0.3 is 0 Å². The summed E-state index contributed by atoms with van der Waals surface area (Å²) in [6.07, 6.45) is 1.70. The molecule has 1 aliphatic rings. The summed E-state index contributed by atoms with van der Waals surface area (Å²) >= 11 is 0. The molecule has 140 valence electrons. The molecular weight excluding hydrogens is 362 g/mol. The molecule has 0 radical (unpaired) electrons. The van der Waals surface area contributed by atoms with Gasteiger partial charge in [0, 0.05) is 35.8 Å². The molecule has 2 aromatic carbocycles. The van der Waals surface area contributed by atoms with Crippen LogP contribution < -0.4 is 9.80 Å². The maximum Gasteiger partial charge on any atom is 0.227 e. The molecule has 0 saturated carbocycles. The monoisotopic (exact) mass is 379 g/mol. The number of benzene rings is 2. The molecule has 6 nitrogen and oxygen atoms in total. The van der Waals surface area contributed by atoms with Gasteiger partial charge in [0.05, 0.1) is 28.6 Å². The predicted octanol–water partition coefficient (Wildman–Crippen LogP) is 4.97. The quantitative estimate of drug-likeness (QED) is 0.465. The maximum absolute atomic E-state index is 9.76. The summed E-state index contributed by atoms with van der Waals surface area (Å²) in [5.74, 6) is 0. The van der Waals surface area contributed by atoms with Crippen molar-refractivity contribution >= 4 is 39.1 Å². The molecule has 29 heavy (non-hydrogen) atoms. The number of hydrogen-bond acceptors (Lipinski definition) is 6. The second-order valence-corrected chi connectivity index (χ2v) is 7.32. The summed E-state index contributed by atoms with van der Waals surface area (Å²) in [6.45, 7) is 4.14. The van der Waals surface area contributed by atoms with Crippen LogP contribution in [0.3, 0.4) is 0 Å². The zero-order valence-corrected chi connectivity index (χ0v) is 16.3. The van der Waals surface area contributed by atoms with Crippen LogP contribution in [0.15, 0.2) is 47.0 Å². The summed E-state index contributed by atoms with van der Waals surface area (Å²) in [6, 6.07) is 15.9. The Kier molecular flexibility index (Phi) is 3.53. The third-order valence-corrected chi connectivity index (χ3v) is 5.72. The second-order valence-electron chi connectivity index (χ2n) is 7.32. The van der Waals surface area contributed by atoms with E-state index in [2.05, 4.69) is 46.8 Å². The molecule has 1 aliphatic heterocycles. The van der Waals surface area contributed by atoms with Crippen LogP contribution in [0.1, 0.15) is 23.6 Å². The van der Waals surface area contributed by atoms with E-state index in [1.165, 1.54) is 0 Å². The normalized spacial score (nSPS) is 15.6. The van der Waals surface area contributed by atoms with Crippen molar-refractivity contribution in [3.63, 3.8) is 0 Å². The number of rotatable bonds is 1. The Hall–Kier alpha value is -4.03. The minimum absolute atomic E-state index is 0.0234. The lowest BCUT2D eigenvalue weighted by Gasteiger charge is -2.29. The highest BCUT2D eigenvalue weighted by atomic mass is 16.3. The van der Waals surface area contributed by atoms with Crippen molar-refractivity contribution in [1.82, 2.24) is 4.98 Å². The van der Waals surface area contributed by atoms with E-state index in [1.807, 2.05) is 31.3 Å². The van der Waals surface area contributed by atoms with Crippen molar-refractivity contribution < 1.29 is 4.42 Å². The Morgan fingerprint density at radius 1 is 1.07 bits per heavy atom. The van der Waals surface area contributed by atoms with Gasteiger partial charge in [-0.15, -0.1) is 0 Å². The first kappa shape index (κ1) is 17.1. The van der Waals surface area contributed by atoms with Crippen molar-refractivity contribution in [2.24, 2.45) is 0 Å². The van der Waals surface area contributed by atoms with E-state index in [1.54, 1.807) is 12.3 Å². The second kappa shape index (κ2) is 5.98. The van der Waals surface area contributed by atoms with Gasteiger partial charge in [0.2, 0.25) is 5.71 Å². The first-order chi connectivity index (χ1) is 14.0. The van der Waals surface area contributed by atoms with E-state index >= 15 is 0 Å². The summed E-state index contributed by atoms with van der Waals surface area (Å²) in [5, 5.41) is 21.1. The standard InChI is InChI=1S/C23H17N5O/c1-13-7-18-17-5-4-6-26-23(17)29-21(18)10-19(13)28-14(2)27(3)20-9-15(11-24)8-16(12-25)22(20)28/h4-10,14H,1-3H3/t14-/m0/s1. The molecule has 1 atom stereocenters. The van der Waals surface area contributed by atoms with Crippen molar-refractivity contribution in [3.05, 3.63) is 59.3 Å². The summed E-state index contributed by atoms with van der Waals surface area (Å²) in [4.78, 5) is 8.55. The number of aryl methyl sites for hydroxylation is 1. The number of nitrogens with zero attached hydrogens (tertiary/aromatic N) is 5. The van der Waals surface area contributed by atoms with Crippen LogP contribution in [0.25, 0.3) is 22.1 Å². The Bertz CT molecular complexity index is 1390. The molecular formula is C23H17N5O. The molecule has 3 heterocycles. The molecule has 0 fully saturated rings. The fourth-order valence-corrected chi connectivity index (χ4v) is 4.19. The summed E-state index contributed by atoms with van der Waals surface area (Å²) < 4.78 is 5.99. The summed E-state index contributed by atoms with van der Waals surface area (Å²) in [7, 11) is 1.98. The number of hydrogen-bond donors (Lipinski definition) is 0. The first-order valence-corrected chi connectivity index (χ1v) is 9.31. The SMILES string of the molecule is Cc1cc2c(cc1N1c3c(C#N)cc(C#N)cc3N(C)[C@@H]1C)oc1ncccc12. The van der Waals surface area contributed by atoms with Crippen LogP contribution in [-0.4, -0.2) is 18.2 Å². The number of anilines is 3. The number of furan rings is 1. The molecule has 2 aromatic heterocycles. The Morgan fingerprint density at radius 2 is 1.90 bits per heavy atom. The molecule has 0 bridgehead atoms. The molecule has 0 unspecified atom stereocenters. The van der Waals surface area contributed by atoms with E-state index in [0.717, 1.165) is 39.0 Å². The molecule has 0 aliphatic carbocycles. The van der Waals surface area contributed by atoms with Crippen LogP contribution in [0.2, 0.25) is 0 Å². The van der Waals surface area contributed by atoms with Gasteiger partial charge in [0.1, 0.15) is 17.8 Å². The fourth-order valence-electron chi connectivity index (χ4n) is 4.19. The van der Waals surface area contributed by atoms with Crippen molar-refractivity contribution in [2.75, 3.05) is 16.8 Å². The Morgan fingerprint density at radius 3 is 2.66 bits per heavy atom. The third kappa shape index (κ3) is 2.30. The minimum Gasteiger partial charge on any atom is -0.438 e. The fraction of sp³-hybridized carbons (Fsp3) is 0.174. The maximum atomic E-state index is 9.76. The molecule has 0 saturated heterocycles. The van der Waals surface area contributed by atoms with E-state index < -0.39 is 0 Å². The topological polar surface area (TPSA) is 80.1 Å². The van der Waals surface area contributed by atoms with Crippen LogP contribution in [0.4, 0.5) is 17.1 Å². The molecule has 4 aromatic rings. The zero-order chi connectivity index (χ0) is 20.3. The smallest absolute Gasteiger partial charge is 0.227 e. The van der Waals surface area contributed by atoms with Crippen molar-refractivity contribution in [1.29, 1.82) is 10.5 Å². The van der Waals surface area contributed by atoms with Gasteiger partial charge in [0.25, 0.3) is 0 Å². The van der Waals surface area contributed by atoms with Gasteiger partial charge in [0.15, 0.2) is 0 Å². The largest absolute Gasteiger partial charge is 0.438 e. The van der Waals surface area contributed by atoms with E-state index in [0.29, 0.717) is 16.8 Å². The van der Waals surface area contributed by atoms with Crippen LogP contribution in [-0.2, 0) is 0 Å². The van der Waals surface area contributed by atoms with Gasteiger partial charge < -0.3 is 14.2 Å². The van der Waals surface area contributed by atoms with Gasteiger partial charge in [-0.25, -0.2) is 4.98 Å². The van der Waals surface area contributed by atoms with Crippen molar-refractivity contribution in [3.8, 4) is 12.1 Å². The zero-order valence-electron chi connectivity index (χ0n) is 16.3. The van der Waals surface area contributed by atoms with Crippen LogP contribution >= 0.6 is 0 Å². The highest BCUT2D eigenvalue weighted by molar-refractivity contribution is 6.05. The average Bonchev–Trinajstić information content (AvgIpc) is 3.22. The minimum atomic E-state index is -0.0234. The molecule has 5 rings (SSSR count). The lowest BCUT2D eigenvalue weighted by atomic mass is 10.0. The predicted molar refractivity (Wildman–Crippen MR) is 112 cm³/mol. The van der Waals surface area contributed by atoms with Gasteiger partial charge in [-0.05, 0) is 49.7 Å². The van der Waals surface area contributed by atoms with Gasteiger partial charge in [-0.2, -0.15) is 10.5 Å². The molecule has 0 amide bonds. The highest BCUT2D eigenvalue weighted by Gasteiger charge is 2.35. The lowest BCUT2D eigenvalue weighted by Crippen LogP contribution is -2.36. The van der Waals surface area contributed by atoms with E-state index in [-0.39, 0.29) is 6.17 Å². The average molecular weight is 379 g/mol. The Labute approximate surface area is 167 Å². The summed E-state index contributed by atoms with van der Waals surface area (Å²) in [5.41, 5.74) is 6.08. The van der Waals surface area contributed by atoms with Crippen LogP contribution in [0, 0.1) is 29.6 Å². The number of nitriles is 2. The van der Waals surface area contributed by atoms with E-state index in [9.17, 15) is 10.5 Å². The van der Waals surface area contributed by atoms with Crippen molar-refractivity contribution in [2.45, 2.75) is 20.0 Å². The molecule has 0 N–H and O–H groups in total. The van der Waals surface area contributed by atoms with Crippen LogP contribution in [0.5, 0.6) is 0 Å². The highest BCUT2D eigenvalue weighted by Crippen LogP contribution is 2.47. The lowest BCUT2D eigenvalue weighted by molar-refractivity contribution is 0.653. The molecule has 0 spiro atoms. The van der Waals surface area contributed by atoms with Gasteiger partial charge in [-0.1, -0.05) is 0 Å². The van der Waals surface area contributed by atoms with E-state index in [4.69, 9.17) is 4.42 Å².